The van der Waals surface area contributed by atoms with Crippen LogP contribution >= 0.6 is 23.5 Å². The third-order valence-electron chi connectivity index (χ3n) is 9.87. The summed E-state index contributed by atoms with van der Waals surface area (Å²) in [6, 6.07) is 36.6. The molecule has 4 aromatic carbocycles. The molecular formula is C44H31N3S2. The molecule has 3 aliphatic carbocycles. The lowest BCUT2D eigenvalue weighted by Crippen LogP contribution is -2.12. The van der Waals surface area contributed by atoms with Gasteiger partial charge in [-0.3, -0.25) is 0 Å². The molecule has 6 aromatic rings. The number of fused-ring (bicyclic) bond motifs is 6. The van der Waals surface area contributed by atoms with E-state index in [-0.39, 0.29) is 0 Å². The predicted octanol–water partition coefficient (Wildman–Crippen LogP) is 11.5. The molecule has 0 N–H and O–H groups in total. The van der Waals surface area contributed by atoms with Gasteiger partial charge in [-0.15, -0.1) is 11.8 Å². The van der Waals surface area contributed by atoms with Crippen molar-refractivity contribution in [3.05, 3.63) is 167 Å². The fourth-order valence-electron chi connectivity index (χ4n) is 7.46. The van der Waals surface area contributed by atoms with E-state index in [1.165, 1.54) is 42.4 Å². The molecule has 1 aliphatic heterocycles. The van der Waals surface area contributed by atoms with Gasteiger partial charge in [0.15, 0.2) is 5.82 Å². The van der Waals surface area contributed by atoms with Gasteiger partial charge in [0.05, 0.1) is 22.6 Å². The van der Waals surface area contributed by atoms with Gasteiger partial charge in [0, 0.05) is 53.6 Å². The number of hydrogen-bond acceptors (Lipinski definition) is 4. The number of hydrogen-bond donors (Lipinski definition) is 0. The minimum atomic E-state index is 0.408. The molecule has 4 aliphatic rings. The van der Waals surface area contributed by atoms with Crippen LogP contribution in [-0.4, -0.2) is 19.8 Å². The van der Waals surface area contributed by atoms with Crippen LogP contribution in [0.1, 0.15) is 17.7 Å². The van der Waals surface area contributed by atoms with Crippen LogP contribution in [0.3, 0.4) is 0 Å². The highest BCUT2D eigenvalue weighted by molar-refractivity contribution is 8.08. The highest BCUT2D eigenvalue weighted by Crippen LogP contribution is 2.52. The smallest absolute Gasteiger partial charge is 0.160 e. The molecule has 3 nitrogen and oxygen atoms in total. The molecule has 0 amide bonds. The molecule has 234 valence electrons. The predicted molar refractivity (Wildman–Crippen MR) is 206 cm³/mol. The summed E-state index contributed by atoms with van der Waals surface area (Å²) in [4.78, 5) is 14.4. The number of benzene rings is 4. The second kappa shape index (κ2) is 11.8. The maximum Gasteiger partial charge on any atom is 0.160 e. The SMILES string of the molecule is C1=CCC2Sc3cc4c(cc3SC2=C1)c1c(n4-c2cccc(-c3cc(-c4ccccc4)nc(-c4ccccc4)n3)c2)C=C2C=CC=CC2C1. The fraction of sp³-hybridized carbons (Fsp3) is 0.0909. The van der Waals surface area contributed by atoms with Gasteiger partial charge in [-0.2, -0.15) is 0 Å². The van der Waals surface area contributed by atoms with E-state index in [0.29, 0.717) is 11.2 Å². The molecule has 5 heteroatoms. The summed E-state index contributed by atoms with van der Waals surface area (Å²) in [6.45, 7) is 0. The van der Waals surface area contributed by atoms with E-state index in [0.717, 1.165) is 52.4 Å². The molecule has 3 heterocycles. The van der Waals surface area contributed by atoms with Crippen molar-refractivity contribution < 1.29 is 0 Å². The summed E-state index contributed by atoms with van der Waals surface area (Å²) in [5.41, 5.74) is 11.5. The van der Waals surface area contributed by atoms with Crippen molar-refractivity contribution in [2.45, 2.75) is 27.9 Å². The van der Waals surface area contributed by atoms with Gasteiger partial charge in [0.1, 0.15) is 0 Å². The zero-order valence-electron chi connectivity index (χ0n) is 26.7. The van der Waals surface area contributed by atoms with Crippen LogP contribution in [0.25, 0.3) is 56.6 Å². The Labute approximate surface area is 294 Å². The topological polar surface area (TPSA) is 30.7 Å². The zero-order valence-corrected chi connectivity index (χ0v) is 28.3. The van der Waals surface area contributed by atoms with Crippen molar-refractivity contribution >= 4 is 40.5 Å². The first-order chi connectivity index (χ1) is 24.2. The van der Waals surface area contributed by atoms with Crippen LogP contribution in [0, 0.1) is 5.92 Å². The van der Waals surface area contributed by atoms with Crippen molar-refractivity contribution in [1.29, 1.82) is 0 Å². The Bertz CT molecular complexity index is 2390. The first kappa shape index (κ1) is 28.9. The van der Waals surface area contributed by atoms with Crippen LogP contribution in [0.4, 0.5) is 0 Å². The summed E-state index contributed by atoms with van der Waals surface area (Å²) in [5.74, 6) is 1.14. The Balaban J connectivity index is 1.16. The van der Waals surface area contributed by atoms with E-state index in [2.05, 4.69) is 132 Å². The van der Waals surface area contributed by atoms with Crippen molar-refractivity contribution in [2.75, 3.05) is 0 Å². The van der Waals surface area contributed by atoms with Crippen LogP contribution in [0.15, 0.2) is 166 Å². The van der Waals surface area contributed by atoms with Crippen LogP contribution in [0.2, 0.25) is 0 Å². The number of allylic oxidation sites excluding steroid dienone is 8. The lowest BCUT2D eigenvalue weighted by Gasteiger charge is -2.27. The first-order valence-corrected chi connectivity index (χ1v) is 18.5. The van der Waals surface area contributed by atoms with E-state index in [1.54, 1.807) is 0 Å². The molecule has 0 fully saturated rings. The van der Waals surface area contributed by atoms with Gasteiger partial charge < -0.3 is 4.57 Å². The molecule has 0 radical (unpaired) electrons. The Hall–Kier alpha value is -5.10. The molecule has 2 atom stereocenters. The normalized spacial score (nSPS) is 18.7. The molecule has 0 saturated heterocycles. The van der Waals surface area contributed by atoms with Gasteiger partial charge in [-0.25, -0.2) is 9.97 Å². The van der Waals surface area contributed by atoms with Gasteiger partial charge >= 0.3 is 0 Å². The summed E-state index contributed by atoms with van der Waals surface area (Å²) >= 11 is 3.97. The molecule has 0 spiro atoms. The second-order valence-corrected chi connectivity index (χ2v) is 15.3. The lowest BCUT2D eigenvalue weighted by atomic mass is 9.83. The monoisotopic (exact) mass is 665 g/mol. The zero-order chi connectivity index (χ0) is 32.3. The number of nitrogens with zero attached hydrogens (tertiary/aromatic N) is 3. The maximum absolute atomic E-state index is 5.16. The van der Waals surface area contributed by atoms with Crippen LogP contribution in [0.5, 0.6) is 0 Å². The number of aromatic nitrogens is 3. The molecule has 0 saturated carbocycles. The van der Waals surface area contributed by atoms with Crippen molar-refractivity contribution in [3.63, 3.8) is 0 Å². The lowest BCUT2D eigenvalue weighted by molar-refractivity contribution is 0.758. The standard InChI is InChI=1S/C44H31N3S2/c1-3-12-28(13-4-1)36-26-37(46-44(45-36)29-14-5-2-6-15-29)32-18-11-19-33(22-32)47-38-24-31-17-8-7-16-30(31)23-34(38)35-25-42-43(27-39(35)47)49-41-21-10-9-20-40(41)48-42/h1-20,22,24-27,30,41H,21,23H2. The van der Waals surface area contributed by atoms with Crippen LogP contribution in [-0.2, 0) is 6.42 Å². The van der Waals surface area contributed by atoms with E-state index in [1.807, 2.05) is 47.8 Å². The van der Waals surface area contributed by atoms with Crippen molar-refractivity contribution in [1.82, 2.24) is 14.5 Å². The summed E-state index contributed by atoms with van der Waals surface area (Å²) in [6.07, 6.45) is 20.3. The molecule has 2 aromatic heterocycles. The third-order valence-corrected chi connectivity index (χ3v) is 12.7. The van der Waals surface area contributed by atoms with Gasteiger partial charge in [-0.05, 0) is 60.4 Å². The molecule has 2 unspecified atom stereocenters. The maximum atomic E-state index is 5.16. The average molecular weight is 666 g/mol. The second-order valence-electron chi connectivity index (χ2n) is 12.9. The van der Waals surface area contributed by atoms with Gasteiger partial charge in [-0.1, -0.05) is 127 Å². The summed E-state index contributed by atoms with van der Waals surface area (Å²) in [5, 5.41) is 1.85. The number of rotatable bonds is 4. The van der Waals surface area contributed by atoms with E-state index in [4.69, 9.17) is 9.97 Å². The highest BCUT2D eigenvalue weighted by atomic mass is 32.2. The molecule has 0 bridgehead atoms. The Kier molecular flexibility index (Phi) is 6.95. The minimum absolute atomic E-state index is 0.408. The van der Waals surface area contributed by atoms with Crippen molar-refractivity contribution in [3.8, 4) is 39.6 Å². The summed E-state index contributed by atoms with van der Waals surface area (Å²) in [7, 11) is 0. The Morgan fingerprint density at radius 3 is 2.37 bits per heavy atom. The molecular weight excluding hydrogens is 635 g/mol. The molecule has 49 heavy (non-hydrogen) atoms. The van der Waals surface area contributed by atoms with Gasteiger partial charge in [0.25, 0.3) is 0 Å². The fourth-order valence-corrected chi connectivity index (χ4v) is 10.0. The van der Waals surface area contributed by atoms with Crippen LogP contribution < -0.4 is 0 Å². The number of thioether (sulfide) groups is 2. The largest absolute Gasteiger partial charge is 0.310 e. The van der Waals surface area contributed by atoms with E-state index < -0.39 is 0 Å². The highest BCUT2D eigenvalue weighted by Gasteiger charge is 2.30. The quantitative estimate of drug-likeness (QED) is 0.187. The first-order valence-electron chi connectivity index (χ1n) is 16.8. The average Bonchev–Trinajstić information content (AvgIpc) is 3.47. The van der Waals surface area contributed by atoms with Crippen molar-refractivity contribution in [2.24, 2.45) is 5.92 Å². The Morgan fingerprint density at radius 1 is 0.714 bits per heavy atom. The minimum Gasteiger partial charge on any atom is -0.310 e. The summed E-state index contributed by atoms with van der Waals surface area (Å²) < 4.78 is 2.50. The van der Waals surface area contributed by atoms with E-state index >= 15 is 0 Å². The molecule has 10 rings (SSSR count). The van der Waals surface area contributed by atoms with E-state index in [9.17, 15) is 0 Å². The third kappa shape index (κ3) is 5.08. The van der Waals surface area contributed by atoms with Gasteiger partial charge in [0.2, 0.25) is 0 Å². The Morgan fingerprint density at radius 2 is 1.51 bits per heavy atom.